The molecule has 0 aliphatic carbocycles. The number of carbonyl (C=O) groups is 2. The van der Waals surface area contributed by atoms with Gasteiger partial charge in [0.05, 0.1) is 24.2 Å². The maximum Gasteiger partial charge on any atom is 0.303 e. The van der Waals surface area contributed by atoms with E-state index in [4.69, 9.17) is 33.0 Å². The van der Waals surface area contributed by atoms with Crippen molar-refractivity contribution in [1.82, 2.24) is 4.68 Å². The number of aryl methyl sites for hydroxylation is 1. The Morgan fingerprint density at radius 3 is 2.53 bits per heavy atom. The van der Waals surface area contributed by atoms with E-state index in [1.165, 1.54) is 11.3 Å². The highest BCUT2D eigenvalue weighted by molar-refractivity contribution is 7.21. The van der Waals surface area contributed by atoms with Crippen LogP contribution in [0.2, 0.25) is 10.0 Å². The van der Waals surface area contributed by atoms with Crippen molar-refractivity contribution in [3.05, 3.63) is 75.2 Å². The zero-order valence-electron chi connectivity index (χ0n) is 16.9. The van der Waals surface area contributed by atoms with Crippen molar-refractivity contribution in [3.63, 3.8) is 0 Å². The second-order valence-corrected chi connectivity index (χ2v) is 8.86. The van der Waals surface area contributed by atoms with Crippen molar-refractivity contribution < 1.29 is 19.4 Å². The number of benzene rings is 2. The van der Waals surface area contributed by atoms with E-state index in [0.29, 0.717) is 32.1 Å². The number of carbonyl (C=O) groups excluding carboxylic acids is 1. The number of nitrogens with zero attached hydrogens (tertiary/aromatic N) is 1. The van der Waals surface area contributed by atoms with Crippen molar-refractivity contribution in [3.8, 4) is 17.0 Å². The first-order valence-electron chi connectivity index (χ1n) is 9.63. The van der Waals surface area contributed by atoms with Crippen LogP contribution in [0.25, 0.3) is 21.3 Å². The summed E-state index contributed by atoms with van der Waals surface area (Å²) in [5.74, 6) is -0.605. The van der Waals surface area contributed by atoms with Crippen LogP contribution in [0, 0.1) is 0 Å². The number of halogens is 2. The van der Waals surface area contributed by atoms with Gasteiger partial charge in [-0.2, -0.15) is 0 Å². The highest BCUT2D eigenvalue weighted by Gasteiger charge is 2.20. The zero-order chi connectivity index (χ0) is 22.8. The molecule has 0 aliphatic rings. The summed E-state index contributed by atoms with van der Waals surface area (Å²) in [6, 6.07) is 16.3. The average Bonchev–Trinajstić information content (AvgIpc) is 3.32. The van der Waals surface area contributed by atoms with Crippen LogP contribution in [0.3, 0.4) is 0 Å². The first-order valence-corrected chi connectivity index (χ1v) is 11.2. The van der Waals surface area contributed by atoms with Gasteiger partial charge in [0.1, 0.15) is 10.6 Å². The van der Waals surface area contributed by atoms with Crippen LogP contribution in [0.15, 0.2) is 54.6 Å². The Morgan fingerprint density at radius 2 is 1.84 bits per heavy atom. The molecule has 0 bridgehead atoms. The molecule has 6 nitrogen and oxygen atoms in total. The number of hydrogen-bond donors (Lipinski definition) is 2. The fourth-order valence-corrected chi connectivity index (χ4v) is 5.05. The van der Waals surface area contributed by atoms with E-state index in [1.54, 1.807) is 36.1 Å². The summed E-state index contributed by atoms with van der Waals surface area (Å²) >= 11 is 13.8. The molecule has 4 rings (SSSR count). The molecule has 1 amide bonds. The van der Waals surface area contributed by atoms with Gasteiger partial charge in [-0.25, -0.2) is 0 Å². The summed E-state index contributed by atoms with van der Waals surface area (Å²) in [6.07, 6.45) is 0.186. The molecule has 0 spiro atoms. The highest BCUT2D eigenvalue weighted by atomic mass is 35.5. The molecule has 0 unspecified atom stereocenters. The second kappa shape index (κ2) is 9.24. The Morgan fingerprint density at radius 1 is 1.09 bits per heavy atom. The third kappa shape index (κ3) is 4.46. The summed E-state index contributed by atoms with van der Waals surface area (Å²) in [5.41, 5.74) is 5.09. The van der Waals surface area contributed by atoms with E-state index in [1.807, 2.05) is 30.3 Å². The van der Waals surface area contributed by atoms with Gasteiger partial charge in [-0.3, -0.25) is 19.7 Å². The van der Waals surface area contributed by atoms with Crippen LogP contribution >= 0.6 is 34.5 Å². The standard InChI is InChI=1S/C23H18Cl2N2O4S/c1-31-16-7-2-13(3-8-16)18-10-5-15(6-11-20(28)29)27(18)26-23(30)22-21(25)17-9-4-14(24)12-19(17)32-22/h2-5,7-10,12H,6,11H2,1H3,(H,26,30)(H,28,29). The molecule has 0 aliphatic heterocycles. The second-order valence-electron chi connectivity index (χ2n) is 6.99. The molecular weight excluding hydrogens is 471 g/mol. The van der Waals surface area contributed by atoms with E-state index < -0.39 is 11.9 Å². The van der Waals surface area contributed by atoms with E-state index in [2.05, 4.69) is 5.43 Å². The SMILES string of the molecule is COc1ccc(-c2ccc(CCC(=O)O)n2NC(=O)c2sc3cc(Cl)ccc3c2Cl)cc1. The minimum atomic E-state index is -0.917. The van der Waals surface area contributed by atoms with Gasteiger partial charge in [0.15, 0.2) is 0 Å². The minimum Gasteiger partial charge on any atom is -0.497 e. The van der Waals surface area contributed by atoms with Gasteiger partial charge in [-0.05, 0) is 48.5 Å². The summed E-state index contributed by atoms with van der Waals surface area (Å²) < 4.78 is 7.63. The molecule has 2 aromatic heterocycles. The fraction of sp³-hybridized carbons (Fsp3) is 0.130. The summed E-state index contributed by atoms with van der Waals surface area (Å²) in [7, 11) is 1.59. The Bertz CT molecular complexity index is 1310. The molecule has 2 heterocycles. The van der Waals surface area contributed by atoms with Crippen LogP contribution in [0.5, 0.6) is 5.75 Å². The summed E-state index contributed by atoms with van der Waals surface area (Å²) in [5, 5.41) is 10.8. The maximum absolute atomic E-state index is 13.2. The van der Waals surface area contributed by atoms with Gasteiger partial charge < -0.3 is 9.84 Å². The number of carboxylic acids is 1. The number of methoxy groups -OCH3 is 1. The molecule has 0 saturated heterocycles. The number of hydrogen-bond acceptors (Lipinski definition) is 4. The number of fused-ring (bicyclic) bond motifs is 1. The largest absolute Gasteiger partial charge is 0.497 e. The number of amides is 1. The Labute approximate surface area is 197 Å². The third-order valence-corrected chi connectivity index (χ3v) is 6.84. The number of thiophene rings is 1. The first kappa shape index (κ1) is 22.2. The number of aliphatic carboxylic acids is 1. The van der Waals surface area contributed by atoms with Crippen molar-refractivity contribution in [2.75, 3.05) is 12.5 Å². The molecule has 0 saturated carbocycles. The quantitative estimate of drug-likeness (QED) is 0.330. The molecular formula is C23H18Cl2N2O4S. The van der Waals surface area contributed by atoms with Crippen LogP contribution in [0.4, 0.5) is 0 Å². The minimum absolute atomic E-state index is 0.0654. The zero-order valence-corrected chi connectivity index (χ0v) is 19.2. The third-order valence-electron chi connectivity index (χ3n) is 4.95. The van der Waals surface area contributed by atoms with Gasteiger partial charge >= 0.3 is 5.97 Å². The molecule has 32 heavy (non-hydrogen) atoms. The highest BCUT2D eigenvalue weighted by Crippen LogP contribution is 2.37. The molecule has 0 fully saturated rings. The van der Waals surface area contributed by atoms with E-state index in [9.17, 15) is 9.59 Å². The van der Waals surface area contributed by atoms with Crippen molar-refractivity contribution in [2.45, 2.75) is 12.8 Å². The lowest BCUT2D eigenvalue weighted by molar-refractivity contribution is -0.136. The monoisotopic (exact) mass is 488 g/mol. The van der Waals surface area contributed by atoms with Gasteiger partial charge in [0.2, 0.25) is 0 Å². The Kier molecular flexibility index (Phi) is 6.41. The predicted octanol–water partition coefficient (Wildman–Crippen LogP) is 6.09. The average molecular weight is 489 g/mol. The molecule has 4 aromatic rings. The van der Waals surface area contributed by atoms with Gasteiger partial charge in [0, 0.05) is 32.8 Å². The topological polar surface area (TPSA) is 80.6 Å². The molecule has 0 radical (unpaired) electrons. The fourth-order valence-electron chi connectivity index (χ4n) is 3.37. The molecule has 9 heteroatoms. The van der Waals surface area contributed by atoms with Crippen LogP contribution in [0.1, 0.15) is 21.8 Å². The van der Waals surface area contributed by atoms with Crippen molar-refractivity contribution >= 4 is 56.5 Å². The first-order chi connectivity index (χ1) is 15.4. The number of aromatic nitrogens is 1. The summed E-state index contributed by atoms with van der Waals surface area (Å²) in [6.45, 7) is 0. The smallest absolute Gasteiger partial charge is 0.303 e. The normalized spacial score (nSPS) is 11.0. The number of carboxylic acid groups (broad SMARTS) is 1. The van der Waals surface area contributed by atoms with E-state index in [0.717, 1.165) is 15.6 Å². The Hall–Kier alpha value is -3.00. The van der Waals surface area contributed by atoms with Crippen LogP contribution in [-0.4, -0.2) is 28.8 Å². The van der Waals surface area contributed by atoms with E-state index >= 15 is 0 Å². The van der Waals surface area contributed by atoms with Crippen LogP contribution in [-0.2, 0) is 11.2 Å². The van der Waals surface area contributed by atoms with Crippen molar-refractivity contribution in [2.24, 2.45) is 0 Å². The van der Waals surface area contributed by atoms with Gasteiger partial charge in [-0.1, -0.05) is 29.3 Å². The molecule has 0 atom stereocenters. The van der Waals surface area contributed by atoms with E-state index in [-0.39, 0.29) is 12.8 Å². The number of nitrogens with one attached hydrogen (secondary N) is 1. The maximum atomic E-state index is 13.2. The molecule has 2 aromatic carbocycles. The van der Waals surface area contributed by atoms with Crippen molar-refractivity contribution in [1.29, 1.82) is 0 Å². The molecule has 164 valence electrons. The lowest BCUT2D eigenvalue weighted by Gasteiger charge is -2.15. The number of ether oxygens (including phenoxy) is 1. The van der Waals surface area contributed by atoms with Crippen LogP contribution < -0.4 is 10.2 Å². The molecule has 2 N–H and O–H groups in total. The predicted molar refractivity (Wildman–Crippen MR) is 128 cm³/mol. The van der Waals surface area contributed by atoms with Gasteiger partial charge in [0.25, 0.3) is 5.91 Å². The van der Waals surface area contributed by atoms with Gasteiger partial charge in [-0.15, -0.1) is 11.3 Å². The Balaban J connectivity index is 1.72. The summed E-state index contributed by atoms with van der Waals surface area (Å²) in [4.78, 5) is 24.6. The lowest BCUT2D eigenvalue weighted by Crippen LogP contribution is -2.25. The lowest BCUT2D eigenvalue weighted by atomic mass is 10.1. The number of rotatable bonds is 7.